The summed E-state index contributed by atoms with van der Waals surface area (Å²) in [5.41, 5.74) is 3.95. The van der Waals surface area contributed by atoms with Gasteiger partial charge in [-0.2, -0.15) is 5.10 Å². The van der Waals surface area contributed by atoms with Crippen LogP contribution in [0.4, 0.5) is 0 Å². The maximum absolute atomic E-state index is 11.7. The molecule has 0 fully saturated rings. The lowest BCUT2D eigenvalue weighted by Gasteiger charge is -2.17. The Kier molecular flexibility index (Phi) is 2.52. The first-order valence-corrected chi connectivity index (χ1v) is 5.87. The van der Waals surface area contributed by atoms with E-state index in [1.807, 2.05) is 6.20 Å². The van der Waals surface area contributed by atoms with E-state index >= 15 is 0 Å². The maximum Gasteiger partial charge on any atom is 0.343 e. The third-order valence-corrected chi connectivity index (χ3v) is 3.25. The molecule has 3 heterocycles. The summed E-state index contributed by atoms with van der Waals surface area (Å²) in [5.74, 6) is -0.385. The number of methoxy groups -OCH3 is 1. The summed E-state index contributed by atoms with van der Waals surface area (Å²) in [6, 6.07) is 0. The zero-order chi connectivity index (χ0) is 12.7. The Morgan fingerprint density at radius 1 is 1.56 bits per heavy atom. The molecule has 6 heteroatoms. The van der Waals surface area contributed by atoms with Crippen LogP contribution < -0.4 is 5.32 Å². The molecule has 18 heavy (non-hydrogen) atoms. The van der Waals surface area contributed by atoms with Crippen LogP contribution in [0.2, 0.25) is 0 Å². The number of carbonyl (C=O) groups excluding carboxylic acids is 1. The van der Waals surface area contributed by atoms with Crippen molar-refractivity contribution in [3.05, 3.63) is 28.7 Å². The molecule has 0 atom stereocenters. The average Bonchev–Trinajstić information content (AvgIpc) is 2.74. The summed E-state index contributed by atoms with van der Waals surface area (Å²) in [6.07, 6.45) is 2.69. The number of carbonyl (C=O) groups is 1. The third-order valence-electron chi connectivity index (χ3n) is 3.25. The van der Waals surface area contributed by atoms with E-state index < -0.39 is 0 Å². The lowest BCUT2D eigenvalue weighted by Crippen LogP contribution is -2.26. The van der Waals surface area contributed by atoms with Gasteiger partial charge in [0, 0.05) is 31.3 Å². The molecule has 2 aromatic rings. The first-order valence-electron chi connectivity index (χ1n) is 5.87. The Hall–Kier alpha value is -1.95. The number of nitrogens with zero attached hydrogens (tertiary/aromatic N) is 3. The van der Waals surface area contributed by atoms with Gasteiger partial charge in [0.1, 0.15) is 5.56 Å². The van der Waals surface area contributed by atoms with Gasteiger partial charge in [-0.3, -0.25) is 0 Å². The molecule has 0 aliphatic carbocycles. The van der Waals surface area contributed by atoms with Crippen LogP contribution in [-0.4, -0.2) is 34.2 Å². The van der Waals surface area contributed by atoms with Crippen LogP contribution in [0.3, 0.4) is 0 Å². The minimum absolute atomic E-state index is 0.385. The van der Waals surface area contributed by atoms with E-state index in [-0.39, 0.29) is 5.97 Å². The predicted octanol–water partition coefficient (Wildman–Crippen LogP) is 0.470. The Morgan fingerprint density at radius 3 is 3.17 bits per heavy atom. The van der Waals surface area contributed by atoms with E-state index in [0.29, 0.717) is 16.9 Å². The van der Waals surface area contributed by atoms with Gasteiger partial charge >= 0.3 is 5.97 Å². The molecular formula is C12H14N4O2. The van der Waals surface area contributed by atoms with Gasteiger partial charge < -0.3 is 10.1 Å². The standard InChI is InChI=1S/C12H14N4O2/c1-7-10(12(17)18-2)11-14-6-8-5-13-4-3-9(8)16(11)15-7/h6,13H,3-5H2,1-2H3. The summed E-state index contributed by atoms with van der Waals surface area (Å²) in [7, 11) is 1.37. The van der Waals surface area contributed by atoms with E-state index in [4.69, 9.17) is 4.74 Å². The molecule has 0 spiro atoms. The number of fused-ring (bicyclic) bond motifs is 3. The summed E-state index contributed by atoms with van der Waals surface area (Å²) in [6.45, 7) is 3.51. The molecule has 0 radical (unpaired) electrons. The fourth-order valence-corrected chi connectivity index (χ4v) is 2.36. The van der Waals surface area contributed by atoms with Gasteiger partial charge in [0.25, 0.3) is 0 Å². The van der Waals surface area contributed by atoms with Gasteiger partial charge in [-0.15, -0.1) is 0 Å². The van der Waals surface area contributed by atoms with Crippen molar-refractivity contribution in [1.29, 1.82) is 0 Å². The Bertz CT molecular complexity index is 633. The number of ether oxygens (including phenoxy) is 1. The van der Waals surface area contributed by atoms with E-state index in [1.165, 1.54) is 7.11 Å². The highest BCUT2D eigenvalue weighted by Crippen LogP contribution is 2.20. The van der Waals surface area contributed by atoms with Gasteiger partial charge in [0.2, 0.25) is 0 Å². The van der Waals surface area contributed by atoms with Gasteiger partial charge in [-0.05, 0) is 6.92 Å². The molecule has 0 bridgehead atoms. The number of rotatable bonds is 1. The summed E-state index contributed by atoms with van der Waals surface area (Å²) >= 11 is 0. The quantitative estimate of drug-likeness (QED) is 0.741. The second-order valence-corrected chi connectivity index (χ2v) is 4.34. The van der Waals surface area contributed by atoms with E-state index in [1.54, 1.807) is 11.4 Å². The first-order chi connectivity index (χ1) is 8.72. The van der Waals surface area contributed by atoms with Gasteiger partial charge in [-0.1, -0.05) is 0 Å². The van der Waals surface area contributed by atoms with Gasteiger partial charge in [0.05, 0.1) is 18.5 Å². The highest BCUT2D eigenvalue weighted by atomic mass is 16.5. The Balaban J connectivity index is 2.28. The van der Waals surface area contributed by atoms with Gasteiger partial charge in [0.15, 0.2) is 5.65 Å². The van der Waals surface area contributed by atoms with Crippen molar-refractivity contribution < 1.29 is 9.53 Å². The molecule has 1 aliphatic rings. The van der Waals surface area contributed by atoms with Crippen molar-refractivity contribution in [2.75, 3.05) is 13.7 Å². The molecule has 1 N–H and O–H groups in total. The Labute approximate surface area is 104 Å². The molecule has 2 aromatic heterocycles. The van der Waals surface area contributed by atoms with Crippen molar-refractivity contribution in [2.24, 2.45) is 0 Å². The molecule has 94 valence electrons. The lowest BCUT2D eigenvalue weighted by molar-refractivity contribution is 0.0602. The molecule has 0 aromatic carbocycles. The number of aromatic nitrogens is 3. The topological polar surface area (TPSA) is 68.5 Å². The van der Waals surface area contributed by atoms with Crippen molar-refractivity contribution in [2.45, 2.75) is 19.9 Å². The molecule has 6 nitrogen and oxygen atoms in total. The van der Waals surface area contributed by atoms with Crippen LogP contribution in [0, 0.1) is 6.92 Å². The van der Waals surface area contributed by atoms with E-state index in [0.717, 1.165) is 30.8 Å². The van der Waals surface area contributed by atoms with Crippen LogP contribution >= 0.6 is 0 Å². The lowest BCUT2D eigenvalue weighted by atomic mass is 10.1. The first kappa shape index (κ1) is 11.2. The predicted molar refractivity (Wildman–Crippen MR) is 64.5 cm³/mol. The molecule has 0 saturated heterocycles. The minimum Gasteiger partial charge on any atom is -0.465 e. The number of esters is 1. The fourth-order valence-electron chi connectivity index (χ4n) is 2.36. The maximum atomic E-state index is 11.7. The number of hydrogen-bond acceptors (Lipinski definition) is 5. The summed E-state index contributed by atoms with van der Waals surface area (Å²) in [5, 5.41) is 7.71. The monoisotopic (exact) mass is 246 g/mol. The normalized spacial score (nSPS) is 14.6. The highest BCUT2D eigenvalue weighted by Gasteiger charge is 2.22. The van der Waals surface area contributed by atoms with Crippen LogP contribution in [0.15, 0.2) is 6.20 Å². The zero-order valence-corrected chi connectivity index (χ0v) is 10.4. The molecule has 0 saturated carbocycles. The van der Waals surface area contributed by atoms with Crippen LogP contribution in [-0.2, 0) is 17.7 Å². The third kappa shape index (κ3) is 1.49. The Morgan fingerprint density at radius 2 is 2.39 bits per heavy atom. The molecular weight excluding hydrogens is 232 g/mol. The van der Waals surface area contributed by atoms with E-state index in [2.05, 4.69) is 15.4 Å². The van der Waals surface area contributed by atoms with Crippen molar-refractivity contribution >= 4 is 11.6 Å². The molecule has 3 rings (SSSR count). The molecule has 0 unspecified atom stereocenters. The highest BCUT2D eigenvalue weighted by molar-refractivity contribution is 5.97. The molecule has 0 amide bonds. The second kappa shape index (κ2) is 4.06. The van der Waals surface area contributed by atoms with E-state index in [9.17, 15) is 4.79 Å². The number of nitrogens with one attached hydrogen (secondary N) is 1. The zero-order valence-electron chi connectivity index (χ0n) is 10.4. The van der Waals surface area contributed by atoms with Crippen molar-refractivity contribution in [3.8, 4) is 0 Å². The van der Waals surface area contributed by atoms with Crippen LogP contribution in [0.5, 0.6) is 0 Å². The van der Waals surface area contributed by atoms with Crippen LogP contribution in [0.25, 0.3) is 5.65 Å². The SMILES string of the molecule is COC(=O)c1c(C)nn2c3c(cnc12)CNCC3. The number of aryl methyl sites for hydroxylation is 1. The van der Waals surface area contributed by atoms with Gasteiger partial charge in [-0.25, -0.2) is 14.3 Å². The number of hydrogen-bond donors (Lipinski definition) is 1. The molecule has 1 aliphatic heterocycles. The fraction of sp³-hybridized carbons (Fsp3) is 0.417. The summed E-state index contributed by atoms with van der Waals surface area (Å²) < 4.78 is 6.56. The van der Waals surface area contributed by atoms with Crippen molar-refractivity contribution in [1.82, 2.24) is 19.9 Å². The van der Waals surface area contributed by atoms with Crippen LogP contribution in [0.1, 0.15) is 27.3 Å². The largest absolute Gasteiger partial charge is 0.465 e. The minimum atomic E-state index is -0.385. The smallest absolute Gasteiger partial charge is 0.343 e. The second-order valence-electron chi connectivity index (χ2n) is 4.34. The van der Waals surface area contributed by atoms with Crippen molar-refractivity contribution in [3.63, 3.8) is 0 Å². The summed E-state index contributed by atoms with van der Waals surface area (Å²) in [4.78, 5) is 16.1. The average molecular weight is 246 g/mol.